The Morgan fingerprint density at radius 3 is 2.71 bits per heavy atom. The van der Waals surface area contributed by atoms with Crippen LogP contribution in [0.15, 0.2) is 35.7 Å². The first-order valence-corrected chi connectivity index (χ1v) is 7.32. The molecular formula is C14H16N6S. The number of hydrogen-bond donors (Lipinski definition) is 3. The molecule has 6 nitrogen and oxygen atoms in total. The Labute approximate surface area is 126 Å². The number of fused-ring (bicyclic) bond motifs is 1. The number of anilines is 4. The van der Waals surface area contributed by atoms with Crippen molar-refractivity contribution in [3.8, 4) is 0 Å². The molecule has 0 bridgehead atoms. The zero-order valence-corrected chi connectivity index (χ0v) is 12.6. The van der Waals surface area contributed by atoms with Gasteiger partial charge in [0.15, 0.2) is 0 Å². The van der Waals surface area contributed by atoms with Crippen molar-refractivity contribution in [3.05, 3.63) is 35.7 Å². The van der Waals surface area contributed by atoms with Crippen LogP contribution >= 0.6 is 11.3 Å². The van der Waals surface area contributed by atoms with E-state index < -0.39 is 0 Å². The van der Waals surface area contributed by atoms with Gasteiger partial charge in [-0.2, -0.15) is 4.98 Å². The van der Waals surface area contributed by atoms with Crippen molar-refractivity contribution < 1.29 is 0 Å². The zero-order chi connectivity index (χ0) is 14.8. The van der Waals surface area contributed by atoms with Crippen molar-refractivity contribution in [3.63, 3.8) is 0 Å². The molecule has 0 amide bonds. The maximum Gasteiger partial charge on any atom is 0.240 e. The average molecular weight is 300 g/mol. The molecule has 0 unspecified atom stereocenters. The molecule has 0 aliphatic heterocycles. The van der Waals surface area contributed by atoms with Crippen LogP contribution in [0.1, 0.15) is 0 Å². The molecule has 0 atom stereocenters. The van der Waals surface area contributed by atoms with Crippen LogP contribution in [-0.2, 0) is 0 Å². The largest absolute Gasteiger partial charge is 0.376 e. The number of aromatic nitrogens is 2. The molecule has 2 aromatic heterocycles. The molecule has 0 saturated heterocycles. The topological polar surface area (TPSA) is 79.1 Å². The lowest BCUT2D eigenvalue weighted by molar-refractivity contribution is 1.13. The molecule has 0 aliphatic rings. The number of benzene rings is 1. The highest BCUT2D eigenvalue weighted by Crippen LogP contribution is 2.32. The molecule has 7 heteroatoms. The predicted molar refractivity (Wildman–Crippen MR) is 89.3 cm³/mol. The van der Waals surface area contributed by atoms with Gasteiger partial charge in [-0.05, 0) is 23.6 Å². The van der Waals surface area contributed by atoms with E-state index in [1.165, 1.54) is 0 Å². The van der Waals surface area contributed by atoms with E-state index in [1.54, 1.807) is 11.3 Å². The Kier molecular flexibility index (Phi) is 3.59. The van der Waals surface area contributed by atoms with Gasteiger partial charge in [-0.25, -0.2) is 10.8 Å². The molecule has 0 aliphatic carbocycles. The fourth-order valence-corrected chi connectivity index (χ4v) is 2.88. The van der Waals surface area contributed by atoms with Crippen LogP contribution < -0.4 is 21.5 Å². The fourth-order valence-electron chi connectivity index (χ4n) is 2.11. The summed E-state index contributed by atoms with van der Waals surface area (Å²) in [6, 6.07) is 10.1. The number of rotatable bonds is 4. The quantitative estimate of drug-likeness (QED) is 0.508. The minimum atomic E-state index is 0.398. The monoisotopic (exact) mass is 300 g/mol. The van der Waals surface area contributed by atoms with E-state index in [1.807, 2.05) is 43.7 Å². The molecule has 108 valence electrons. The molecule has 0 fully saturated rings. The summed E-state index contributed by atoms with van der Waals surface area (Å²) in [6.07, 6.45) is 0. The van der Waals surface area contributed by atoms with Crippen molar-refractivity contribution >= 4 is 44.7 Å². The lowest BCUT2D eigenvalue weighted by Crippen LogP contribution is -2.13. The molecule has 0 spiro atoms. The van der Waals surface area contributed by atoms with E-state index in [0.29, 0.717) is 5.95 Å². The number of para-hydroxylation sites is 2. The van der Waals surface area contributed by atoms with Gasteiger partial charge in [0.1, 0.15) is 10.6 Å². The van der Waals surface area contributed by atoms with Gasteiger partial charge in [-0.1, -0.05) is 12.1 Å². The van der Waals surface area contributed by atoms with Crippen molar-refractivity contribution in [2.45, 2.75) is 0 Å². The Morgan fingerprint density at radius 1 is 1.14 bits per heavy atom. The minimum absolute atomic E-state index is 0.398. The van der Waals surface area contributed by atoms with Gasteiger partial charge >= 0.3 is 0 Å². The van der Waals surface area contributed by atoms with Crippen LogP contribution in [-0.4, -0.2) is 24.1 Å². The number of nitrogen functional groups attached to an aromatic ring is 1. The molecule has 3 aromatic rings. The first kappa shape index (κ1) is 13.6. The van der Waals surface area contributed by atoms with E-state index in [2.05, 4.69) is 31.7 Å². The van der Waals surface area contributed by atoms with Crippen molar-refractivity contribution in [1.82, 2.24) is 9.97 Å². The Bertz CT molecular complexity index is 767. The van der Waals surface area contributed by atoms with Gasteiger partial charge in [-0.3, -0.25) is 5.43 Å². The number of nitrogens with two attached hydrogens (primary N) is 1. The molecule has 3 rings (SSSR count). The lowest BCUT2D eigenvalue weighted by Gasteiger charge is -2.18. The number of hydrogen-bond acceptors (Lipinski definition) is 7. The highest BCUT2D eigenvalue weighted by atomic mass is 32.1. The van der Waals surface area contributed by atoms with E-state index in [4.69, 9.17) is 5.84 Å². The maximum absolute atomic E-state index is 5.44. The summed E-state index contributed by atoms with van der Waals surface area (Å²) < 4.78 is 0. The maximum atomic E-state index is 5.44. The molecule has 21 heavy (non-hydrogen) atoms. The van der Waals surface area contributed by atoms with Crippen LogP contribution in [0.3, 0.4) is 0 Å². The lowest BCUT2D eigenvalue weighted by atomic mass is 10.2. The van der Waals surface area contributed by atoms with E-state index >= 15 is 0 Å². The van der Waals surface area contributed by atoms with Crippen LogP contribution in [0, 0.1) is 0 Å². The minimum Gasteiger partial charge on any atom is -0.376 e. The van der Waals surface area contributed by atoms with Crippen LogP contribution in [0.5, 0.6) is 0 Å². The van der Waals surface area contributed by atoms with Crippen molar-refractivity contribution in [2.24, 2.45) is 5.84 Å². The second-order valence-electron chi connectivity index (χ2n) is 4.72. The smallest absolute Gasteiger partial charge is 0.240 e. The average Bonchev–Trinajstić information content (AvgIpc) is 2.96. The third-order valence-corrected chi connectivity index (χ3v) is 3.90. The molecule has 2 heterocycles. The van der Waals surface area contributed by atoms with Gasteiger partial charge in [-0.15, -0.1) is 11.3 Å². The molecular weight excluding hydrogens is 284 g/mol. The van der Waals surface area contributed by atoms with E-state index in [0.717, 1.165) is 27.4 Å². The number of nitrogens with one attached hydrogen (secondary N) is 2. The van der Waals surface area contributed by atoms with E-state index in [-0.39, 0.29) is 0 Å². The van der Waals surface area contributed by atoms with Gasteiger partial charge in [0, 0.05) is 14.1 Å². The second kappa shape index (κ2) is 5.55. The van der Waals surface area contributed by atoms with Crippen molar-refractivity contribution in [1.29, 1.82) is 0 Å². The zero-order valence-electron chi connectivity index (χ0n) is 11.8. The SMILES string of the molecule is CN(C)c1ccccc1Nc1nc(NN)nc2sccc12. The Morgan fingerprint density at radius 2 is 1.95 bits per heavy atom. The predicted octanol–water partition coefficient (Wildman–Crippen LogP) is 2.79. The summed E-state index contributed by atoms with van der Waals surface area (Å²) in [5.74, 6) is 6.58. The Balaban J connectivity index is 2.07. The summed E-state index contributed by atoms with van der Waals surface area (Å²) in [4.78, 5) is 11.7. The third-order valence-electron chi connectivity index (χ3n) is 3.09. The third kappa shape index (κ3) is 2.61. The fraction of sp³-hybridized carbons (Fsp3) is 0.143. The molecule has 0 saturated carbocycles. The molecule has 0 radical (unpaired) electrons. The first-order chi connectivity index (χ1) is 10.2. The van der Waals surface area contributed by atoms with Gasteiger partial charge in [0.05, 0.1) is 16.8 Å². The number of hydrazine groups is 1. The summed E-state index contributed by atoms with van der Waals surface area (Å²) in [5, 5.41) is 6.34. The first-order valence-electron chi connectivity index (χ1n) is 6.44. The number of thiophene rings is 1. The number of nitrogens with zero attached hydrogens (tertiary/aromatic N) is 3. The summed E-state index contributed by atoms with van der Waals surface area (Å²) >= 11 is 1.55. The normalized spacial score (nSPS) is 10.6. The summed E-state index contributed by atoms with van der Waals surface area (Å²) in [5.41, 5.74) is 4.57. The van der Waals surface area contributed by atoms with Crippen LogP contribution in [0.4, 0.5) is 23.1 Å². The molecule has 1 aromatic carbocycles. The second-order valence-corrected chi connectivity index (χ2v) is 5.61. The van der Waals surface area contributed by atoms with E-state index in [9.17, 15) is 0 Å². The van der Waals surface area contributed by atoms with Crippen molar-refractivity contribution in [2.75, 3.05) is 29.7 Å². The van der Waals surface area contributed by atoms with Gasteiger partial charge in [0.25, 0.3) is 0 Å². The van der Waals surface area contributed by atoms with Crippen LogP contribution in [0.25, 0.3) is 10.2 Å². The van der Waals surface area contributed by atoms with Gasteiger partial charge in [0.2, 0.25) is 5.95 Å². The summed E-state index contributed by atoms with van der Waals surface area (Å²) in [6.45, 7) is 0. The highest BCUT2D eigenvalue weighted by Gasteiger charge is 2.11. The Hall–Kier alpha value is -2.38. The molecule has 4 N–H and O–H groups in total. The summed E-state index contributed by atoms with van der Waals surface area (Å²) in [7, 11) is 4.01. The standard InChI is InChI=1S/C14H16N6S/c1-20(2)11-6-4-3-5-10(11)16-12-9-7-8-21-13(9)18-14(17-12)19-15/h3-8H,15H2,1-2H3,(H2,16,17,18,19). The van der Waals surface area contributed by atoms with Crippen LogP contribution in [0.2, 0.25) is 0 Å². The highest BCUT2D eigenvalue weighted by molar-refractivity contribution is 7.16. The van der Waals surface area contributed by atoms with Gasteiger partial charge < -0.3 is 10.2 Å².